The highest BCUT2D eigenvalue weighted by Crippen LogP contribution is 2.43. The number of benzene rings is 8. The molecule has 0 saturated heterocycles. The van der Waals surface area contributed by atoms with Gasteiger partial charge in [0, 0.05) is 60.7 Å². The molecule has 266 valence electrons. The molecule has 0 amide bonds. The maximum absolute atomic E-state index is 5.44. The van der Waals surface area contributed by atoms with Crippen molar-refractivity contribution in [1.82, 2.24) is 15.0 Å². The molecule has 0 atom stereocenters. The summed E-state index contributed by atoms with van der Waals surface area (Å²) in [5.74, 6) is 0. The molecule has 0 spiro atoms. The van der Waals surface area contributed by atoms with Crippen LogP contribution in [0.4, 0.5) is 17.1 Å². The van der Waals surface area contributed by atoms with Crippen LogP contribution in [-0.4, -0.2) is 15.0 Å². The topological polar surface area (TPSA) is 41.9 Å². The first-order chi connectivity index (χ1) is 28.3. The molecule has 4 nitrogen and oxygen atoms in total. The first-order valence-corrected chi connectivity index (χ1v) is 19.3. The second kappa shape index (κ2) is 13.6. The lowest BCUT2D eigenvalue weighted by atomic mass is 9.91. The van der Waals surface area contributed by atoms with E-state index in [1.54, 1.807) is 0 Å². The molecule has 0 aliphatic carbocycles. The van der Waals surface area contributed by atoms with Gasteiger partial charge in [0.25, 0.3) is 0 Å². The Morgan fingerprint density at radius 3 is 1.56 bits per heavy atom. The molecule has 0 bridgehead atoms. The zero-order valence-electron chi connectivity index (χ0n) is 30.9. The maximum Gasteiger partial charge on any atom is 0.0972 e. The molecule has 11 rings (SSSR count). The van der Waals surface area contributed by atoms with E-state index >= 15 is 0 Å². The van der Waals surface area contributed by atoms with E-state index in [4.69, 9.17) is 15.0 Å². The van der Waals surface area contributed by atoms with Gasteiger partial charge in [-0.3, -0.25) is 0 Å². The molecule has 0 unspecified atom stereocenters. The molecule has 4 heteroatoms. The zero-order valence-corrected chi connectivity index (χ0v) is 30.9. The van der Waals surface area contributed by atoms with Crippen molar-refractivity contribution in [2.45, 2.75) is 0 Å². The van der Waals surface area contributed by atoms with Crippen LogP contribution in [-0.2, 0) is 0 Å². The van der Waals surface area contributed by atoms with Gasteiger partial charge in [-0.2, -0.15) is 0 Å². The van der Waals surface area contributed by atoms with Crippen molar-refractivity contribution >= 4 is 71.3 Å². The Morgan fingerprint density at radius 1 is 0.333 bits per heavy atom. The summed E-state index contributed by atoms with van der Waals surface area (Å²) in [6.07, 6.45) is 0. The van der Waals surface area contributed by atoms with Crippen molar-refractivity contribution in [3.8, 4) is 33.8 Å². The normalized spacial score (nSPS) is 11.5. The van der Waals surface area contributed by atoms with Crippen LogP contribution in [0, 0.1) is 0 Å². The molecule has 0 N–H and O–H groups in total. The van der Waals surface area contributed by atoms with Gasteiger partial charge in [-0.05, 0) is 71.4 Å². The van der Waals surface area contributed by atoms with E-state index in [0.29, 0.717) is 0 Å². The number of fused-ring (bicyclic) bond motifs is 8. The molecular formula is C53H34N4. The number of hydrogen-bond acceptors (Lipinski definition) is 4. The summed E-state index contributed by atoms with van der Waals surface area (Å²) in [5.41, 5.74) is 11.9. The van der Waals surface area contributed by atoms with Gasteiger partial charge < -0.3 is 4.90 Å². The number of nitrogens with zero attached hydrogens (tertiary/aromatic N) is 4. The second-order valence-electron chi connectivity index (χ2n) is 14.4. The fourth-order valence-electron chi connectivity index (χ4n) is 8.33. The van der Waals surface area contributed by atoms with E-state index in [0.717, 1.165) is 94.3 Å². The maximum atomic E-state index is 5.44. The van der Waals surface area contributed by atoms with Crippen molar-refractivity contribution in [2.75, 3.05) is 4.90 Å². The zero-order chi connectivity index (χ0) is 37.7. The lowest BCUT2D eigenvalue weighted by Gasteiger charge is -2.26. The summed E-state index contributed by atoms with van der Waals surface area (Å²) in [6.45, 7) is 0. The Balaban J connectivity index is 1.16. The molecule has 8 aromatic carbocycles. The fraction of sp³-hybridized carbons (Fsp3) is 0. The summed E-state index contributed by atoms with van der Waals surface area (Å²) < 4.78 is 0. The van der Waals surface area contributed by atoms with Crippen molar-refractivity contribution in [1.29, 1.82) is 0 Å². The predicted molar refractivity (Wildman–Crippen MR) is 238 cm³/mol. The van der Waals surface area contributed by atoms with Crippen molar-refractivity contribution in [3.05, 3.63) is 206 Å². The van der Waals surface area contributed by atoms with Gasteiger partial charge in [0.1, 0.15) is 0 Å². The van der Waals surface area contributed by atoms with Crippen LogP contribution >= 0.6 is 0 Å². The van der Waals surface area contributed by atoms with Gasteiger partial charge >= 0.3 is 0 Å². The smallest absolute Gasteiger partial charge is 0.0972 e. The lowest BCUT2D eigenvalue weighted by Crippen LogP contribution is -2.09. The number of pyridine rings is 3. The summed E-state index contributed by atoms with van der Waals surface area (Å²) in [4.78, 5) is 18.4. The molecule has 3 aromatic heterocycles. The Hall–Kier alpha value is -7.69. The Bertz CT molecular complexity index is 3250. The van der Waals surface area contributed by atoms with Crippen LogP contribution in [0.15, 0.2) is 206 Å². The molecule has 0 saturated carbocycles. The second-order valence-corrected chi connectivity index (χ2v) is 14.4. The van der Waals surface area contributed by atoms with Gasteiger partial charge in [-0.1, -0.05) is 146 Å². The molecule has 57 heavy (non-hydrogen) atoms. The van der Waals surface area contributed by atoms with E-state index in [9.17, 15) is 0 Å². The summed E-state index contributed by atoms with van der Waals surface area (Å²) in [7, 11) is 0. The van der Waals surface area contributed by atoms with Crippen LogP contribution in [0.5, 0.6) is 0 Å². The third-order valence-electron chi connectivity index (χ3n) is 11.0. The van der Waals surface area contributed by atoms with E-state index in [2.05, 4.69) is 205 Å². The average molecular weight is 727 g/mol. The Labute approximate surface area is 330 Å². The first kappa shape index (κ1) is 32.7. The Kier molecular flexibility index (Phi) is 7.78. The third-order valence-corrected chi connectivity index (χ3v) is 11.0. The van der Waals surface area contributed by atoms with Crippen LogP contribution in [0.2, 0.25) is 0 Å². The highest BCUT2D eigenvalue weighted by molar-refractivity contribution is 6.25. The number of hydrogen-bond donors (Lipinski definition) is 0. The largest absolute Gasteiger partial charge is 0.310 e. The van der Waals surface area contributed by atoms with E-state index < -0.39 is 0 Å². The fourth-order valence-corrected chi connectivity index (χ4v) is 8.33. The van der Waals surface area contributed by atoms with Gasteiger partial charge in [0.05, 0.1) is 33.6 Å². The van der Waals surface area contributed by atoms with Gasteiger partial charge in [-0.25, -0.2) is 15.0 Å². The summed E-state index contributed by atoms with van der Waals surface area (Å²) in [6, 6.07) is 72.6. The molecule has 0 fully saturated rings. The van der Waals surface area contributed by atoms with Gasteiger partial charge in [0.15, 0.2) is 0 Å². The summed E-state index contributed by atoms with van der Waals surface area (Å²) in [5, 5.41) is 7.82. The lowest BCUT2D eigenvalue weighted by molar-refractivity contribution is 1.28. The Morgan fingerprint density at radius 2 is 0.860 bits per heavy atom. The standard InChI is InChI=1S/C53H34N4/c1-4-15-35(16-5-1)47-31-29-36-27-28-37-30-32-49(56-53(37)52(36)54-47)45-34-46-50(43-24-11-10-23-42(43)45)44-25-12-13-26-48(44)55-51(46)38-17-14-22-41(33-38)57(39-18-6-2-7-19-39)40-20-8-3-9-21-40/h1-34H. The summed E-state index contributed by atoms with van der Waals surface area (Å²) >= 11 is 0. The van der Waals surface area contributed by atoms with Crippen molar-refractivity contribution in [2.24, 2.45) is 0 Å². The van der Waals surface area contributed by atoms with Crippen molar-refractivity contribution < 1.29 is 0 Å². The highest BCUT2D eigenvalue weighted by Gasteiger charge is 2.19. The SMILES string of the molecule is c1ccc(-c2ccc3ccc4ccc(-c5cc6c(-c7cccc(N(c8ccccc8)c8ccccc8)c7)nc7ccccc7c6c6ccccc56)nc4c3n2)cc1. The van der Waals surface area contributed by atoms with E-state index in [1.807, 2.05) is 6.07 Å². The molecule has 3 heterocycles. The minimum Gasteiger partial charge on any atom is -0.310 e. The highest BCUT2D eigenvalue weighted by atomic mass is 15.1. The number of para-hydroxylation sites is 3. The quantitative estimate of drug-likeness (QED) is 0.160. The van der Waals surface area contributed by atoms with Crippen LogP contribution in [0.1, 0.15) is 0 Å². The van der Waals surface area contributed by atoms with Gasteiger partial charge in [0.2, 0.25) is 0 Å². The predicted octanol–water partition coefficient (Wildman–Crippen LogP) is 14.1. The van der Waals surface area contributed by atoms with Gasteiger partial charge in [-0.15, -0.1) is 0 Å². The third kappa shape index (κ3) is 5.66. The molecule has 0 aliphatic heterocycles. The molecule has 0 aliphatic rings. The molecular weight excluding hydrogens is 693 g/mol. The van der Waals surface area contributed by atoms with E-state index in [-0.39, 0.29) is 0 Å². The van der Waals surface area contributed by atoms with Crippen LogP contribution in [0.3, 0.4) is 0 Å². The molecule has 0 radical (unpaired) electrons. The molecule has 11 aromatic rings. The first-order valence-electron chi connectivity index (χ1n) is 19.3. The number of anilines is 3. The van der Waals surface area contributed by atoms with Crippen molar-refractivity contribution in [3.63, 3.8) is 0 Å². The monoisotopic (exact) mass is 726 g/mol. The van der Waals surface area contributed by atoms with Crippen LogP contribution < -0.4 is 4.90 Å². The number of rotatable bonds is 6. The average Bonchev–Trinajstić information content (AvgIpc) is 3.29. The van der Waals surface area contributed by atoms with E-state index in [1.165, 1.54) is 10.8 Å². The van der Waals surface area contributed by atoms with Crippen LogP contribution in [0.25, 0.3) is 88.0 Å². The minimum atomic E-state index is 0.887. The number of aromatic nitrogens is 3. The minimum absolute atomic E-state index is 0.887.